The van der Waals surface area contributed by atoms with Gasteiger partial charge in [0, 0.05) is 18.6 Å². The first-order valence-corrected chi connectivity index (χ1v) is 13.3. The van der Waals surface area contributed by atoms with E-state index in [1.54, 1.807) is 0 Å². The van der Waals surface area contributed by atoms with E-state index in [1.807, 2.05) is 0 Å². The highest BCUT2D eigenvalue weighted by Crippen LogP contribution is 2.39. The third kappa shape index (κ3) is 4.45. The molecule has 176 valence electrons. The van der Waals surface area contributed by atoms with Gasteiger partial charge in [0.2, 0.25) is 0 Å². The van der Waals surface area contributed by atoms with Gasteiger partial charge < -0.3 is 4.74 Å². The number of halogens is 2. The Kier molecular flexibility index (Phi) is 6.04. The number of ketones is 1. The predicted molar refractivity (Wildman–Crippen MR) is 118 cm³/mol. The van der Waals surface area contributed by atoms with E-state index in [1.165, 1.54) is 16.9 Å². The van der Waals surface area contributed by atoms with Crippen LogP contribution in [0.3, 0.4) is 0 Å². The van der Waals surface area contributed by atoms with Gasteiger partial charge in [0.15, 0.2) is 20.8 Å². The molecular weight excluding hydrogens is 472 g/mol. The number of hydrogen-bond donors (Lipinski definition) is 0. The number of thiazole rings is 1. The lowest BCUT2D eigenvalue weighted by atomic mass is 9.90. The number of sulfone groups is 1. The van der Waals surface area contributed by atoms with Crippen molar-refractivity contribution in [3.05, 3.63) is 40.5 Å². The zero-order valence-electron chi connectivity index (χ0n) is 17.7. The number of benzene rings is 1. The predicted octanol–water partition coefficient (Wildman–Crippen LogP) is 3.88. The van der Waals surface area contributed by atoms with Crippen LogP contribution < -0.4 is 0 Å². The van der Waals surface area contributed by atoms with Gasteiger partial charge in [-0.25, -0.2) is 17.8 Å². The first-order chi connectivity index (χ1) is 15.8. The Morgan fingerprint density at radius 2 is 1.94 bits per heavy atom. The minimum atomic E-state index is -3.81. The van der Waals surface area contributed by atoms with Gasteiger partial charge in [-0.3, -0.25) is 9.48 Å². The topological polar surface area (TPSA) is 91.2 Å². The Labute approximate surface area is 193 Å². The second-order valence-electron chi connectivity index (χ2n) is 8.65. The fraction of sp³-hybridized carbons (Fsp3) is 0.500. The van der Waals surface area contributed by atoms with Crippen molar-refractivity contribution in [3.8, 4) is 0 Å². The lowest BCUT2D eigenvalue weighted by molar-refractivity contribution is -0.122. The summed E-state index contributed by atoms with van der Waals surface area (Å²) in [6.45, 7) is 1.22. The van der Waals surface area contributed by atoms with Crippen molar-refractivity contribution in [1.82, 2.24) is 14.8 Å². The van der Waals surface area contributed by atoms with Crippen LogP contribution in [0.25, 0.3) is 10.9 Å². The van der Waals surface area contributed by atoms with Crippen LogP contribution in [0.2, 0.25) is 0 Å². The Bertz CT molecular complexity index is 1290. The molecule has 1 aromatic carbocycles. The molecule has 1 aliphatic heterocycles. The van der Waals surface area contributed by atoms with Crippen LogP contribution in [0.15, 0.2) is 29.4 Å². The van der Waals surface area contributed by atoms with Crippen molar-refractivity contribution in [3.63, 3.8) is 0 Å². The molecule has 3 aromatic rings. The number of Topliss-reactive ketones (excluding diaryl/α,β-unsaturated/α-hetero) is 1. The van der Waals surface area contributed by atoms with Crippen molar-refractivity contribution in [1.29, 1.82) is 0 Å². The molecular formula is C22H23F2N3O4S2. The Morgan fingerprint density at radius 1 is 1.18 bits per heavy atom. The largest absolute Gasteiger partial charge is 0.381 e. The van der Waals surface area contributed by atoms with Gasteiger partial charge in [-0.15, -0.1) is 0 Å². The third-order valence-corrected chi connectivity index (χ3v) is 9.46. The number of fused-ring (bicyclic) bond motifs is 1. The van der Waals surface area contributed by atoms with Gasteiger partial charge >= 0.3 is 0 Å². The van der Waals surface area contributed by atoms with E-state index in [0.717, 1.165) is 36.4 Å². The maximum Gasteiger partial charge on any atom is 0.196 e. The van der Waals surface area contributed by atoms with Crippen molar-refractivity contribution in [2.24, 2.45) is 5.92 Å². The van der Waals surface area contributed by atoms with Gasteiger partial charge in [-0.2, -0.15) is 9.49 Å². The van der Waals surface area contributed by atoms with Crippen LogP contribution in [0.1, 0.15) is 43.2 Å². The summed E-state index contributed by atoms with van der Waals surface area (Å²) in [6.07, 6.45) is 5.47. The highest BCUT2D eigenvalue weighted by Gasteiger charge is 2.40. The molecule has 2 aromatic heterocycles. The maximum atomic E-state index is 14.7. The van der Waals surface area contributed by atoms with Gasteiger partial charge in [0.25, 0.3) is 0 Å². The Balaban J connectivity index is 1.55. The second-order valence-corrected chi connectivity index (χ2v) is 11.9. The Hall–Kier alpha value is -2.24. The van der Waals surface area contributed by atoms with E-state index >= 15 is 0 Å². The van der Waals surface area contributed by atoms with Crippen molar-refractivity contribution in [2.45, 2.75) is 54.7 Å². The zero-order chi connectivity index (χ0) is 23.2. The van der Waals surface area contributed by atoms with Crippen molar-refractivity contribution >= 4 is 37.9 Å². The van der Waals surface area contributed by atoms with E-state index in [4.69, 9.17) is 4.74 Å². The summed E-state index contributed by atoms with van der Waals surface area (Å²) in [7, 11) is -3.81. The van der Waals surface area contributed by atoms with Gasteiger partial charge in [-0.05, 0) is 50.2 Å². The quantitative estimate of drug-likeness (QED) is 0.471. The van der Waals surface area contributed by atoms with Crippen molar-refractivity contribution < 1.29 is 26.7 Å². The minimum absolute atomic E-state index is 0.0573. The van der Waals surface area contributed by atoms with Crippen LogP contribution in [-0.2, 0) is 25.8 Å². The number of hydrogen-bond acceptors (Lipinski definition) is 7. The lowest BCUT2D eigenvalue weighted by Gasteiger charge is -2.26. The summed E-state index contributed by atoms with van der Waals surface area (Å²) >= 11 is 0.821. The molecule has 0 radical (unpaired) electrons. The molecule has 1 saturated carbocycles. The molecule has 3 heterocycles. The smallest absolute Gasteiger partial charge is 0.196 e. The maximum absolute atomic E-state index is 14.7. The van der Waals surface area contributed by atoms with E-state index in [-0.39, 0.29) is 28.4 Å². The molecule has 0 spiro atoms. The monoisotopic (exact) mass is 495 g/mol. The molecule has 11 heteroatoms. The number of ether oxygens (including phenoxy) is 1. The summed E-state index contributed by atoms with van der Waals surface area (Å²) < 4.78 is 60.9. The van der Waals surface area contributed by atoms with Crippen LogP contribution in [0.5, 0.6) is 0 Å². The molecule has 0 bridgehead atoms. The number of aromatic nitrogens is 3. The van der Waals surface area contributed by atoms with E-state index < -0.39 is 32.1 Å². The fourth-order valence-corrected chi connectivity index (χ4v) is 7.00. The van der Waals surface area contributed by atoms with Crippen LogP contribution in [0.4, 0.5) is 8.78 Å². The molecule has 1 unspecified atom stereocenters. The third-order valence-electron chi connectivity index (χ3n) is 6.35. The fourth-order valence-electron chi connectivity index (χ4n) is 4.45. The molecule has 1 aliphatic carbocycles. The van der Waals surface area contributed by atoms with E-state index in [2.05, 4.69) is 10.1 Å². The summed E-state index contributed by atoms with van der Waals surface area (Å²) in [4.78, 5) is 17.0. The van der Waals surface area contributed by atoms with Gasteiger partial charge in [0.05, 0.1) is 29.6 Å². The molecule has 0 amide bonds. The highest BCUT2D eigenvalue weighted by atomic mass is 32.2. The van der Waals surface area contributed by atoms with Gasteiger partial charge in [0.1, 0.15) is 21.8 Å². The summed E-state index contributed by atoms with van der Waals surface area (Å²) in [5.41, 5.74) is 0.395. The summed E-state index contributed by atoms with van der Waals surface area (Å²) in [5, 5.41) is 3.89. The zero-order valence-corrected chi connectivity index (χ0v) is 19.4. The van der Waals surface area contributed by atoms with Crippen LogP contribution >= 0.6 is 11.3 Å². The molecule has 2 aliphatic rings. The lowest BCUT2D eigenvalue weighted by Crippen LogP contribution is -2.27. The number of carbonyl (C=O) groups is 1. The van der Waals surface area contributed by atoms with Crippen LogP contribution in [0, 0.1) is 16.9 Å². The standard InChI is InChI=1S/C22H23F2N3O4S2/c23-16-3-4-17-15(22(16)33(29,30)14-1-2-14)11-26-27(17)18(9-13-5-7-31-8-6-13)19(28)10-21-25-12-20(24)32-21/h3-4,11-14,18H,1-2,5-10H2. The van der Waals surface area contributed by atoms with Gasteiger partial charge in [-0.1, -0.05) is 11.3 Å². The number of carbonyl (C=O) groups excluding carboxylic acids is 1. The van der Waals surface area contributed by atoms with E-state index in [9.17, 15) is 22.0 Å². The average molecular weight is 496 g/mol. The molecule has 5 rings (SSSR count). The number of nitrogens with zero attached hydrogens (tertiary/aromatic N) is 3. The van der Waals surface area contributed by atoms with Crippen LogP contribution in [-0.4, -0.2) is 47.4 Å². The first-order valence-electron chi connectivity index (χ1n) is 10.9. The molecule has 33 heavy (non-hydrogen) atoms. The first kappa shape index (κ1) is 22.5. The molecule has 7 nitrogen and oxygen atoms in total. The summed E-state index contributed by atoms with van der Waals surface area (Å²) in [5.74, 6) is -0.786. The molecule has 1 saturated heterocycles. The molecule has 0 N–H and O–H groups in total. The van der Waals surface area contributed by atoms with Crippen molar-refractivity contribution in [2.75, 3.05) is 13.2 Å². The SMILES string of the molecule is O=C(Cc1ncc(F)s1)C(CC1CCOCC1)n1ncc2c(S(=O)(=O)C3CC3)c(F)ccc21. The van der Waals surface area contributed by atoms with E-state index in [0.29, 0.717) is 43.0 Å². The minimum Gasteiger partial charge on any atom is -0.381 e. The summed E-state index contributed by atoms with van der Waals surface area (Å²) in [6, 6.07) is 1.89. The number of rotatable bonds is 8. The highest BCUT2D eigenvalue weighted by molar-refractivity contribution is 7.92. The second kappa shape index (κ2) is 8.84. The molecule has 1 atom stereocenters. The average Bonchev–Trinajstić information content (AvgIpc) is 3.47. The molecule has 2 fully saturated rings. The Morgan fingerprint density at radius 3 is 2.61 bits per heavy atom. The normalized spacial score (nSPS) is 18.6.